The Bertz CT molecular complexity index is 1220. The maximum Gasteiger partial charge on any atom is 0.336 e. The standard InChI is InChI=1S/C28H27BrN2O4/c1-19(2)24-16-25(29)20(3)15-26(24)34-18-27(32)31-30-17-22-9-12-23(13-10-22)35-28(33)14-11-21-7-5-4-6-8-21/h4-17,19H,18H2,1-3H3,(H,31,32)/b14-11+,30-17+. The van der Waals surface area contributed by atoms with Gasteiger partial charge in [0, 0.05) is 10.5 Å². The number of carbonyl (C=O) groups is 2. The lowest BCUT2D eigenvalue weighted by molar-refractivity contribution is -0.129. The van der Waals surface area contributed by atoms with Crippen molar-refractivity contribution < 1.29 is 19.1 Å². The molecule has 0 saturated carbocycles. The Morgan fingerprint density at radius 1 is 1.03 bits per heavy atom. The molecule has 0 spiro atoms. The number of carbonyl (C=O) groups excluding carboxylic acids is 2. The second kappa shape index (κ2) is 12.7. The monoisotopic (exact) mass is 534 g/mol. The van der Waals surface area contributed by atoms with Gasteiger partial charge < -0.3 is 9.47 Å². The molecule has 0 saturated heterocycles. The molecule has 3 rings (SSSR count). The Hall–Kier alpha value is -3.71. The third-order valence-corrected chi connectivity index (χ3v) is 5.84. The van der Waals surface area contributed by atoms with E-state index in [-0.39, 0.29) is 18.4 Å². The van der Waals surface area contributed by atoms with Crippen LogP contribution in [0.3, 0.4) is 0 Å². The molecule has 0 aromatic heterocycles. The smallest absolute Gasteiger partial charge is 0.336 e. The van der Waals surface area contributed by atoms with E-state index < -0.39 is 5.97 Å². The van der Waals surface area contributed by atoms with Crippen LogP contribution in [-0.2, 0) is 9.59 Å². The minimum absolute atomic E-state index is 0.149. The number of hydrogen-bond donors (Lipinski definition) is 1. The Kier molecular flexibility index (Phi) is 9.38. The fourth-order valence-corrected chi connectivity index (χ4v) is 3.46. The molecule has 7 heteroatoms. The summed E-state index contributed by atoms with van der Waals surface area (Å²) in [7, 11) is 0. The number of halogens is 1. The summed E-state index contributed by atoms with van der Waals surface area (Å²) >= 11 is 3.54. The van der Waals surface area contributed by atoms with Gasteiger partial charge in [-0.15, -0.1) is 0 Å². The molecule has 6 nitrogen and oxygen atoms in total. The molecule has 0 aliphatic rings. The van der Waals surface area contributed by atoms with Crippen molar-refractivity contribution in [2.24, 2.45) is 5.10 Å². The second-order valence-corrected chi connectivity index (χ2v) is 8.96. The van der Waals surface area contributed by atoms with Crippen molar-refractivity contribution in [3.63, 3.8) is 0 Å². The number of benzene rings is 3. The minimum Gasteiger partial charge on any atom is -0.483 e. The molecule has 35 heavy (non-hydrogen) atoms. The van der Waals surface area contributed by atoms with Crippen LogP contribution in [0.15, 0.2) is 82.4 Å². The molecule has 180 valence electrons. The van der Waals surface area contributed by atoms with Gasteiger partial charge in [0.2, 0.25) is 0 Å². The number of nitrogens with one attached hydrogen (secondary N) is 1. The first-order valence-corrected chi connectivity index (χ1v) is 11.9. The van der Waals surface area contributed by atoms with Crippen molar-refractivity contribution in [3.05, 3.63) is 99.5 Å². The predicted molar refractivity (Wildman–Crippen MR) is 142 cm³/mol. The molecule has 0 fully saturated rings. The van der Waals surface area contributed by atoms with E-state index >= 15 is 0 Å². The van der Waals surface area contributed by atoms with Crippen LogP contribution >= 0.6 is 15.9 Å². The van der Waals surface area contributed by atoms with Crippen LogP contribution in [0.25, 0.3) is 6.08 Å². The van der Waals surface area contributed by atoms with Crippen molar-refractivity contribution in [1.29, 1.82) is 0 Å². The molecular weight excluding hydrogens is 508 g/mol. The summed E-state index contributed by atoms with van der Waals surface area (Å²) in [6.07, 6.45) is 4.57. The Morgan fingerprint density at radius 3 is 2.43 bits per heavy atom. The Morgan fingerprint density at radius 2 is 1.74 bits per heavy atom. The zero-order chi connectivity index (χ0) is 25.2. The lowest BCUT2D eigenvalue weighted by Gasteiger charge is -2.15. The highest BCUT2D eigenvalue weighted by Gasteiger charge is 2.12. The third-order valence-electron chi connectivity index (χ3n) is 4.98. The third kappa shape index (κ3) is 8.22. The highest BCUT2D eigenvalue weighted by molar-refractivity contribution is 9.10. The van der Waals surface area contributed by atoms with Gasteiger partial charge in [-0.25, -0.2) is 10.2 Å². The summed E-state index contributed by atoms with van der Waals surface area (Å²) in [4.78, 5) is 24.1. The van der Waals surface area contributed by atoms with Crippen LogP contribution in [0.5, 0.6) is 11.5 Å². The van der Waals surface area contributed by atoms with Crippen molar-refractivity contribution >= 4 is 40.1 Å². The zero-order valence-corrected chi connectivity index (χ0v) is 21.4. The van der Waals surface area contributed by atoms with Crippen molar-refractivity contribution in [2.45, 2.75) is 26.7 Å². The van der Waals surface area contributed by atoms with Crippen molar-refractivity contribution in [2.75, 3.05) is 6.61 Å². The van der Waals surface area contributed by atoms with Crippen LogP contribution in [0.2, 0.25) is 0 Å². The quantitative estimate of drug-likeness (QED) is 0.119. The van der Waals surface area contributed by atoms with Crippen LogP contribution < -0.4 is 14.9 Å². The van der Waals surface area contributed by atoms with Crippen molar-refractivity contribution in [3.8, 4) is 11.5 Å². The molecule has 0 unspecified atom stereocenters. The van der Waals surface area contributed by atoms with Gasteiger partial charge in [-0.05, 0) is 77.6 Å². The van der Waals surface area contributed by atoms with Gasteiger partial charge in [0.05, 0.1) is 6.21 Å². The van der Waals surface area contributed by atoms with E-state index in [9.17, 15) is 9.59 Å². The molecule has 0 aliphatic carbocycles. The normalized spacial score (nSPS) is 11.2. The van der Waals surface area contributed by atoms with Crippen LogP contribution in [0.4, 0.5) is 0 Å². The number of hydrogen-bond acceptors (Lipinski definition) is 5. The van der Waals surface area contributed by atoms with E-state index in [0.717, 1.165) is 26.7 Å². The molecule has 0 atom stereocenters. The van der Waals surface area contributed by atoms with E-state index in [2.05, 4.69) is 40.3 Å². The van der Waals surface area contributed by atoms with Gasteiger partial charge in [0.15, 0.2) is 6.61 Å². The number of aryl methyl sites for hydroxylation is 1. The zero-order valence-electron chi connectivity index (χ0n) is 19.8. The van der Waals surface area contributed by atoms with E-state index in [4.69, 9.17) is 9.47 Å². The molecule has 0 radical (unpaired) electrons. The number of hydrazone groups is 1. The summed E-state index contributed by atoms with van der Waals surface area (Å²) in [5.41, 5.74) is 6.16. The van der Waals surface area contributed by atoms with Crippen LogP contribution in [-0.4, -0.2) is 24.7 Å². The van der Waals surface area contributed by atoms with Gasteiger partial charge in [-0.3, -0.25) is 4.79 Å². The number of ether oxygens (including phenoxy) is 2. The summed E-state index contributed by atoms with van der Waals surface area (Å²) in [6, 6.07) is 20.2. The average Bonchev–Trinajstić information content (AvgIpc) is 2.85. The lowest BCUT2D eigenvalue weighted by Crippen LogP contribution is -2.25. The summed E-state index contributed by atoms with van der Waals surface area (Å²) in [5, 5.41) is 3.97. The molecule has 3 aromatic rings. The fraction of sp³-hybridized carbons (Fsp3) is 0.179. The van der Waals surface area contributed by atoms with E-state index in [1.54, 1.807) is 30.3 Å². The Labute approximate surface area is 213 Å². The number of esters is 1. The van der Waals surface area contributed by atoms with Crippen LogP contribution in [0.1, 0.15) is 42.0 Å². The summed E-state index contributed by atoms with van der Waals surface area (Å²) in [6.45, 7) is 5.96. The minimum atomic E-state index is -0.468. The maximum atomic E-state index is 12.2. The second-order valence-electron chi connectivity index (χ2n) is 8.11. The Balaban J connectivity index is 1.47. The molecule has 0 aliphatic heterocycles. The lowest BCUT2D eigenvalue weighted by atomic mass is 10.0. The van der Waals surface area contributed by atoms with Crippen LogP contribution in [0, 0.1) is 6.92 Å². The first kappa shape index (κ1) is 25.9. The summed E-state index contributed by atoms with van der Waals surface area (Å²) in [5.74, 6) is 0.512. The van der Waals surface area contributed by atoms with E-state index in [0.29, 0.717) is 11.5 Å². The first-order valence-electron chi connectivity index (χ1n) is 11.1. The van der Waals surface area contributed by atoms with E-state index in [1.165, 1.54) is 12.3 Å². The average molecular weight is 535 g/mol. The van der Waals surface area contributed by atoms with Gasteiger partial charge in [-0.1, -0.05) is 60.1 Å². The van der Waals surface area contributed by atoms with Crippen molar-refractivity contribution in [1.82, 2.24) is 5.43 Å². The number of rotatable bonds is 9. The molecule has 3 aromatic carbocycles. The molecule has 1 amide bonds. The first-order chi connectivity index (χ1) is 16.8. The molecule has 0 bridgehead atoms. The van der Waals surface area contributed by atoms with Gasteiger partial charge in [-0.2, -0.15) is 5.10 Å². The highest BCUT2D eigenvalue weighted by atomic mass is 79.9. The SMILES string of the molecule is Cc1cc(OCC(=O)N/N=C/c2ccc(OC(=O)/C=C/c3ccccc3)cc2)c(C(C)C)cc1Br. The van der Waals surface area contributed by atoms with E-state index in [1.807, 2.05) is 49.4 Å². The number of nitrogens with zero attached hydrogens (tertiary/aromatic N) is 1. The predicted octanol–water partition coefficient (Wildman–Crippen LogP) is 6.03. The topological polar surface area (TPSA) is 77.0 Å². The molecule has 0 heterocycles. The molecular formula is C28H27BrN2O4. The van der Waals surface area contributed by atoms with Gasteiger partial charge >= 0.3 is 5.97 Å². The summed E-state index contributed by atoms with van der Waals surface area (Å²) < 4.78 is 12.0. The molecule has 1 N–H and O–H groups in total. The fourth-order valence-electron chi connectivity index (χ4n) is 3.10. The largest absolute Gasteiger partial charge is 0.483 e. The van der Waals surface area contributed by atoms with Gasteiger partial charge in [0.25, 0.3) is 5.91 Å². The number of amides is 1. The highest BCUT2D eigenvalue weighted by Crippen LogP contribution is 2.32. The van der Waals surface area contributed by atoms with Gasteiger partial charge in [0.1, 0.15) is 11.5 Å². The maximum absolute atomic E-state index is 12.2.